The minimum atomic E-state index is -0.949. The average molecular weight is 749 g/mol. The Bertz CT molecular complexity index is 1900. The standard InChI is InChI=1S/C53H65OP/c1-32(2)40-26-45(34(5)6)51(46(27-40)35(7)8)43-24-19-25-44(52-47(36(9)10)28-41(33(3)4)29-48(52)37(11)12)53(43)55-49(38-20-15-13-16-21-38)30-42(54)31-50(55)39-22-17-14-18-23-39/h13-29,32-37,49-50H,30-31H2,1-12H3. The van der Waals surface area contributed by atoms with Crippen molar-refractivity contribution in [2.75, 3.05) is 0 Å². The molecule has 6 rings (SSSR count). The number of carbonyl (C=O) groups is 1. The highest BCUT2D eigenvalue weighted by Crippen LogP contribution is 2.68. The van der Waals surface area contributed by atoms with Crippen molar-refractivity contribution in [2.45, 2.75) is 143 Å². The summed E-state index contributed by atoms with van der Waals surface area (Å²) >= 11 is 0. The minimum Gasteiger partial charge on any atom is -0.300 e. The summed E-state index contributed by atoms with van der Waals surface area (Å²) in [6.45, 7) is 28.3. The fraction of sp³-hybridized carbons (Fsp3) is 0.415. The van der Waals surface area contributed by atoms with Crippen molar-refractivity contribution in [3.63, 3.8) is 0 Å². The highest BCUT2D eigenvalue weighted by atomic mass is 31.1. The van der Waals surface area contributed by atoms with Gasteiger partial charge in [-0.25, -0.2) is 0 Å². The van der Waals surface area contributed by atoms with Crippen LogP contribution in [-0.2, 0) is 4.79 Å². The molecule has 1 nitrogen and oxygen atoms in total. The predicted octanol–water partition coefficient (Wildman–Crippen LogP) is 15.7. The molecule has 2 atom stereocenters. The lowest BCUT2D eigenvalue weighted by Crippen LogP contribution is -2.26. The van der Waals surface area contributed by atoms with Crippen LogP contribution in [-0.4, -0.2) is 5.78 Å². The van der Waals surface area contributed by atoms with Crippen LogP contribution in [0.15, 0.2) is 103 Å². The third kappa shape index (κ3) is 8.35. The van der Waals surface area contributed by atoms with E-state index in [9.17, 15) is 4.79 Å². The molecule has 0 amide bonds. The highest BCUT2D eigenvalue weighted by Gasteiger charge is 2.42. The molecule has 5 aromatic carbocycles. The number of hydrogen-bond donors (Lipinski definition) is 0. The zero-order chi connectivity index (χ0) is 39.7. The van der Waals surface area contributed by atoms with E-state index in [1.54, 1.807) is 0 Å². The van der Waals surface area contributed by atoms with Crippen LogP contribution in [0.5, 0.6) is 0 Å². The van der Waals surface area contributed by atoms with Gasteiger partial charge in [0.2, 0.25) is 0 Å². The Labute approximate surface area is 335 Å². The van der Waals surface area contributed by atoms with E-state index in [4.69, 9.17) is 0 Å². The number of Topliss-reactive ketones (excluding diaryl/α,β-unsaturated/α-hetero) is 1. The zero-order valence-electron chi connectivity index (χ0n) is 35.7. The number of carbonyl (C=O) groups excluding carboxylic acids is 1. The summed E-state index contributed by atoms with van der Waals surface area (Å²) in [5.41, 5.74) is 16.9. The first-order valence-corrected chi connectivity index (χ1v) is 22.6. The van der Waals surface area contributed by atoms with Gasteiger partial charge >= 0.3 is 0 Å². The normalized spacial score (nSPS) is 17.8. The first-order chi connectivity index (χ1) is 26.2. The zero-order valence-corrected chi connectivity index (χ0v) is 36.6. The second-order valence-corrected chi connectivity index (χ2v) is 20.5. The first-order valence-electron chi connectivity index (χ1n) is 21.1. The Hall–Kier alpha value is -3.80. The van der Waals surface area contributed by atoms with E-state index in [0.29, 0.717) is 54.1 Å². The molecule has 0 radical (unpaired) electrons. The van der Waals surface area contributed by atoms with Crippen LogP contribution in [0.3, 0.4) is 0 Å². The van der Waals surface area contributed by atoms with E-state index in [2.05, 4.69) is 186 Å². The topological polar surface area (TPSA) is 17.1 Å². The lowest BCUT2D eigenvalue weighted by molar-refractivity contribution is -0.119. The molecule has 2 heteroatoms. The van der Waals surface area contributed by atoms with Crippen LogP contribution in [0.25, 0.3) is 22.3 Å². The summed E-state index contributed by atoms with van der Waals surface area (Å²) in [4.78, 5) is 14.1. The van der Waals surface area contributed by atoms with E-state index in [-0.39, 0.29) is 11.3 Å². The molecule has 1 aliphatic rings. The fourth-order valence-corrected chi connectivity index (χ4v) is 12.7. The highest BCUT2D eigenvalue weighted by molar-refractivity contribution is 7.67. The fourth-order valence-electron chi connectivity index (χ4n) is 8.91. The van der Waals surface area contributed by atoms with Gasteiger partial charge in [-0.3, -0.25) is 4.79 Å². The maximum atomic E-state index is 14.1. The molecule has 0 saturated carbocycles. The monoisotopic (exact) mass is 748 g/mol. The van der Waals surface area contributed by atoms with Gasteiger partial charge in [-0.05, 0) is 108 Å². The van der Waals surface area contributed by atoms with Crippen LogP contribution < -0.4 is 5.30 Å². The summed E-state index contributed by atoms with van der Waals surface area (Å²) in [7, 11) is -0.949. The molecular formula is C53H65OP. The smallest absolute Gasteiger partial charge is 0.134 e. The lowest BCUT2D eigenvalue weighted by Gasteiger charge is -2.42. The third-order valence-corrected chi connectivity index (χ3v) is 15.3. The van der Waals surface area contributed by atoms with Gasteiger partial charge in [0.25, 0.3) is 0 Å². The van der Waals surface area contributed by atoms with Gasteiger partial charge in [0, 0.05) is 24.2 Å². The Kier molecular flexibility index (Phi) is 12.7. The minimum absolute atomic E-state index is 0.0995. The first kappa shape index (κ1) is 40.9. The molecule has 0 aromatic heterocycles. The summed E-state index contributed by atoms with van der Waals surface area (Å²) in [5, 5.41) is 1.48. The molecule has 0 spiro atoms. The lowest BCUT2D eigenvalue weighted by atomic mass is 9.79. The summed E-state index contributed by atoms with van der Waals surface area (Å²) in [6, 6.07) is 39.4. The van der Waals surface area contributed by atoms with Crippen molar-refractivity contribution >= 4 is 19.0 Å². The Morgan fingerprint density at radius 3 is 1.05 bits per heavy atom. The van der Waals surface area contributed by atoms with E-state index >= 15 is 0 Å². The second kappa shape index (κ2) is 17.1. The Balaban J connectivity index is 1.85. The number of rotatable bonds is 11. The Morgan fingerprint density at radius 1 is 0.436 bits per heavy atom. The van der Waals surface area contributed by atoms with Gasteiger partial charge in [0.1, 0.15) is 5.78 Å². The van der Waals surface area contributed by atoms with Crippen LogP contribution in [0, 0.1) is 0 Å². The van der Waals surface area contributed by atoms with Crippen molar-refractivity contribution in [1.82, 2.24) is 0 Å². The molecule has 1 heterocycles. The van der Waals surface area contributed by atoms with Crippen molar-refractivity contribution in [3.8, 4) is 22.3 Å². The number of benzene rings is 5. The molecule has 0 bridgehead atoms. The van der Waals surface area contributed by atoms with Crippen LogP contribution in [0.4, 0.5) is 0 Å². The van der Waals surface area contributed by atoms with E-state index in [0.717, 1.165) is 0 Å². The molecule has 2 unspecified atom stereocenters. The van der Waals surface area contributed by atoms with Gasteiger partial charge in [0.15, 0.2) is 0 Å². The van der Waals surface area contributed by atoms with Gasteiger partial charge < -0.3 is 0 Å². The molecule has 1 saturated heterocycles. The van der Waals surface area contributed by atoms with Crippen LogP contribution >= 0.6 is 7.92 Å². The summed E-state index contributed by atoms with van der Waals surface area (Å²) < 4.78 is 0. The maximum absolute atomic E-state index is 14.1. The van der Waals surface area contributed by atoms with Crippen molar-refractivity contribution < 1.29 is 4.79 Å². The van der Waals surface area contributed by atoms with Gasteiger partial charge in [-0.15, -0.1) is 0 Å². The largest absolute Gasteiger partial charge is 0.300 e. The molecule has 1 fully saturated rings. The van der Waals surface area contributed by atoms with E-state index in [1.165, 1.54) is 72.1 Å². The van der Waals surface area contributed by atoms with Gasteiger partial charge in [0.05, 0.1) is 0 Å². The molecule has 5 aromatic rings. The van der Waals surface area contributed by atoms with Crippen molar-refractivity contribution in [1.29, 1.82) is 0 Å². The second-order valence-electron chi connectivity index (χ2n) is 18.0. The van der Waals surface area contributed by atoms with Gasteiger partial charge in [-0.2, -0.15) is 0 Å². The average Bonchev–Trinajstić information content (AvgIpc) is 3.16. The summed E-state index contributed by atoms with van der Waals surface area (Å²) in [5.74, 6) is 2.65. The van der Waals surface area contributed by atoms with E-state index < -0.39 is 7.92 Å². The quantitative estimate of drug-likeness (QED) is 0.123. The molecular weight excluding hydrogens is 684 g/mol. The van der Waals surface area contributed by atoms with Crippen LogP contribution in [0.1, 0.15) is 187 Å². The molecule has 0 aliphatic carbocycles. The molecule has 0 N–H and O–H groups in total. The molecule has 1 aliphatic heterocycles. The van der Waals surface area contributed by atoms with Crippen molar-refractivity contribution in [3.05, 3.63) is 148 Å². The summed E-state index contributed by atoms with van der Waals surface area (Å²) in [6.07, 6.45) is 1.15. The van der Waals surface area contributed by atoms with E-state index in [1.807, 2.05) is 0 Å². The van der Waals surface area contributed by atoms with Crippen LogP contribution in [0.2, 0.25) is 0 Å². The predicted molar refractivity (Wildman–Crippen MR) is 241 cm³/mol. The SMILES string of the molecule is CC(C)c1cc(C(C)C)c(-c2cccc(-c3c(C(C)C)cc(C(C)C)cc3C(C)C)c2P2C(c3ccccc3)CC(=O)CC2c2ccccc2)c(C(C)C)c1. The molecule has 55 heavy (non-hydrogen) atoms. The number of hydrogen-bond acceptors (Lipinski definition) is 1. The molecule has 288 valence electrons. The maximum Gasteiger partial charge on any atom is 0.134 e. The Morgan fingerprint density at radius 2 is 0.764 bits per heavy atom. The number of ketones is 1. The third-order valence-electron chi connectivity index (χ3n) is 12.0. The van der Waals surface area contributed by atoms with Crippen molar-refractivity contribution in [2.24, 2.45) is 0 Å². The van der Waals surface area contributed by atoms with Gasteiger partial charge in [-0.1, -0.05) is 194 Å².